The highest BCUT2D eigenvalue weighted by molar-refractivity contribution is 6.32. The second-order valence-electron chi connectivity index (χ2n) is 5.86. The van der Waals surface area contributed by atoms with Gasteiger partial charge in [-0.05, 0) is 37.3 Å². The van der Waals surface area contributed by atoms with Crippen molar-refractivity contribution in [1.82, 2.24) is 9.97 Å². The Morgan fingerprint density at radius 1 is 1.11 bits per heavy atom. The first-order valence-electron chi connectivity index (χ1n) is 8.27. The first-order chi connectivity index (χ1) is 13.0. The summed E-state index contributed by atoms with van der Waals surface area (Å²) in [4.78, 5) is 23.2. The van der Waals surface area contributed by atoms with Crippen LogP contribution in [0.2, 0.25) is 5.02 Å². The van der Waals surface area contributed by atoms with Crippen molar-refractivity contribution in [2.24, 2.45) is 0 Å². The third-order valence-corrected chi connectivity index (χ3v) is 4.25. The van der Waals surface area contributed by atoms with E-state index in [1.165, 1.54) is 7.11 Å². The molecule has 6 nitrogen and oxygen atoms in total. The Hall–Kier alpha value is -3.12. The van der Waals surface area contributed by atoms with Gasteiger partial charge in [0.05, 0.1) is 12.1 Å². The second kappa shape index (κ2) is 8.05. The summed E-state index contributed by atoms with van der Waals surface area (Å²) in [5.74, 6) is 1.34. The van der Waals surface area contributed by atoms with Crippen LogP contribution in [-0.4, -0.2) is 30.0 Å². The number of halogens is 1. The molecule has 27 heavy (non-hydrogen) atoms. The van der Waals surface area contributed by atoms with Crippen molar-refractivity contribution in [3.63, 3.8) is 0 Å². The second-order valence-corrected chi connectivity index (χ2v) is 6.26. The number of ether oxygens (including phenoxy) is 1. The van der Waals surface area contributed by atoms with E-state index in [1.807, 2.05) is 42.3 Å². The van der Waals surface area contributed by atoms with Crippen LogP contribution in [-0.2, 0) is 0 Å². The highest BCUT2D eigenvalue weighted by Gasteiger charge is 2.14. The first kappa shape index (κ1) is 18.7. The van der Waals surface area contributed by atoms with Crippen LogP contribution in [0.5, 0.6) is 5.75 Å². The Bertz CT molecular complexity index is 963. The van der Waals surface area contributed by atoms with Gasteiger partial charge in [0.15, 0.2) is 0 Å². The van der Waals surface area contributed by atoms with E-state index in [0.29, 0.717) is 28.1 Å². The van der Waals surface area contributed by atoms with Crippen molar-refractivity contribution in [3.05, 3.63) is 71.1 Å². The summed E-state index contributed by atoms with van der Waals surface area (Å²) in [6.07, 6.45) is 0. The van der Waals surface area contributed by atoms with E-state index in [-0.39, 0.29) is 11.6 Å². The predicted octanol–water partition coefficient (Wildman–Crippen LogP) is 4.47. The first-order valence-corrected chi connectivity index (χ1v) is 8.65. The zero-order valence-electron chi connectivity index (χ0n) is 15.2. The van der Waals surface area contributed by atoms with E-state index in [1.54, 1.807) is 31.2 Å². The number of hydrogen-bond acceptors (Lipinski definition) is 5. The van der Waals surface area contributed by atoms with Gasteiger partial charge in [-0.15, -0.1) is 0 Å². The molecule has 0 saturated carbocycles. The van der Waals surface area contributed by atoms with E-state index in [9.17, 15) is 4.79 Å². The van der Waals surface area contributed by atoms with Gasteiger partial charge in [-0.1, -0.05) is 29.8 Å². The Morgan fingerprint density at radius 3 is 2.52 bits per heavy atom. The number of carbonyl (C=O) groups is 1. The lowest BCUT2D eigenvalue weighted by molar-refractivity contribution is 0.102. The van der Waals surface area contributed by atoms with E-state index in [4.69, 9.17) is 16.3 Å². The molecule has 0 unspecified atom stereocenters. The van der Waals surface area contributed by atoms with Gasteiger partial charge in [0, 0.05) is 24.5 Å². The molecule has 0 aliphatic carbocycles. The number of aromatic nitrogens is 2. The van der Waals surface area contributed by atoms with Crippen molar-refractivity contribution in [3.8, 4) is 5.75 Å². The standard InChI is InChI=1S/C20H19ClN4O2/c1-13-22-17(12-19(23-13)25(2)15-7-5-4-6-8-15)20(26)24-14-9-10-18(27-3)16(21)11-14/h4-12H,1-3H3,(H,24,26). The molecule has 3 rings (SSSR count). The molecule has 1 heterocycles. The maximum atomic E-state index is 12.6. The van der Waals surface area contributed by atoms with Gasteiger partial charge in [-0.3, -0.25) is 4.79 Å². The molecule has 0 radical (unpaired) electrons. The quantitative estimate of drug-likeness (QED) is 0.705. The van der Waals surface area contributed by atoms with Crippen LogP contribution in [0, 0.1) is 6.92 Å². The Kier molecular flexibility index (Phi) is 5.57. The van der Waals surface area contributed by atoms with Gasteiger partial charge in [0.25, 0.3) is 5.91 Å². The van der Waals surface area contributed by atoms with Crippen LogP contribution in [0.15, 0.2) is 54.6 Å². The summed E-state index contributed by atoms with van der Waals surface area (Å²) >= 11 is 6.11. The van der Waals surface area contributed by atoms with Crippen LogP contribution in [0.3, 0.4) is 0 Å². The Balaban J connectivity index is 1.85. The molecule has 0 aliphatic rings. The topological polar surface area (TPSA) is 67.3 Å². The number of methoxy groups -OCH3 is 1. The van der Waals surface area contributed by atoms with Gasteiger partial charge in [0.1, 0.15) is 23.1 Å². The van der Waals surface area contributed by atoms with Gasteiger partial charge in [0.2, 0.25) is 0 Å². The molecule has 3 aromatic rings. The summed E-state index contributed by atoms with van der Waals surface area (Å²) in [5, 5.41) is 3.21. The van der Waals surface area contributed by atoms with Crippen molar-refractivity contribution < 1.29 is 9.53 Å². The molecule has 1 aromatic heterocycles. The number of aryl methyl sites for hydroxylation is 1. The number of benzene rings is 2. The van der Waals surface area contributed by atoms with Crippen molar-refractivity contribution >= 4 is 34.7 Å². The fourth-order valence-electron chi connectivity index (χ4n) is 2.56. The molecular weight excluding hydrogens is 364 g/mol. The van der Waals surface area contributed by atoms with Crippen LogP contribution in [0.1, 0.15) is 16.3 Å². The molecule has 0 saturated heterocycles. The monoisotopic (exact) mass is 382 g/mol. The lowest BCUT2D eigenvalue weighted by Gasteiger charge is -2.19. The minimum Gasteiger partial charge on any atom is -0.495 e. The largest absolute Gasteiger partial charge is 0.495 e. The summed E-state index contributed by atoms with van der Waals surface area (Å²) in [6.45, 7) is 1.75. The molecule has 0 bridgehead atoms. The highest BCUT2D eigenvalue weighted by Crippen LogP contribution is 2.27. The molecule has 0 atom stereocenters. The summed E-state index contributed by atoms with van der Waals surface area (Å²) in [5.41, 5.74) is 1.79. The van der Waals surface area contributed by atoms with Crippen LogP contribution < -0.4 is 15.0 Å². The van der Waals surface area contributed by atoms with Crippen molar-refractivity contribution in [2.75, 3.05) is 24.4 Å². The molecule has 0 spiro atoms. The summed E-state index contributed by atoms with van der Waals surface area (Å²) in [7, 11) is 3.43. The van der Waals surface area contributed by atoms with E-state index in [2.05, 4.69) is 15.3 Å². The average molecular weight is 383 g/mol. The van der Waals surface area contributed by atoms with E-state index >= 15 is 0 Å². The molecule has 0 fully saturated rings. The highest BCUT2D eigenvalue weighted by atomic mass is 35.5. The third kappa shape index (κ3) is 4.35. The van der Waals surface area contributed by atoms with Crippen LogP contribution in [0.25, 0.3) is 0 Å². The smallest absolute Gasteiger partial charge is 0.274 e. The van der Waals surface area contributed by atoms with Crippen molar-refractivity contribution in [2.45, 2.75) is 6.92 Å². The molecular formula is C20H19ClN4O2. The van der Waals surface area contributed by atoms with Gasteiger partial charge in [-0.25, -0.2) is 9.97 Å². The zero-order chi connectivity index (χ0) is 19.4. The number of nitrogens with zero attached hydrogens (tertiary/aromatic N) is 3. The number of hydrogen-bond donors (Lipinski definition) is 1. The van der Waals surface area contributed by atoms with Crippen LogP contribution in [0.4, 0.5) is 17.2 Å². The van der Waals surface area contributed by atoms with Gasteiger partial charge in [-0.2, -0.15) is 0 Å². The molecule has 138 valence electrons. The maximum absolute atomic E-state index is 12.6. The van der Waals surface area contributed by atoms with Gasteiger partial charge < -0.3 is 15.0 Å². The van der Waals surface area contributed by atoms with E-state index < -0.39 is 0 Å². The molecule has 0 aliphatic heterocycles. The van der Waals surface area contributed by atoms with Crippen LogP contribution >= 0.6 is 11.6 Å². The number of carbonyl (C=O) groups excluding carboxylic acids is 1. The minimum atomic E-state index is -0.343. The Morgan fingerprint density at radius 2 is 1.85 bits per heavy atom. The molecule has 2 aromatic carbocycles. The SMILES string of the molecule is COc1ccc(NC(=O)c2cc(N(C)c3ccccc3)nc(C)n2)cc1Cl. The fourth-order valence-corrected chi connectivity index (χ4v) is 2.82. The Labute approximate surface area is 162 Å². The normalized spacial score (nSPS) is 10.4. The van der Waals surface area contributed by atoms with E-state index in [0.717, 1.165) is 5.69 Å². The third-order valence-electron chi connectivity index (χ3n) is 3.95. The lowest BCUT2D eigenvalue weighted by atomic mass is 10.2. The summed E-state index contributed by atoms with van der Waals surface area (Å²) < 4.78 is 5.12. The summed E-state index contributed by atoms with van der Waals surface area (Å²) in [6, 6.07) is 16.5. The molecule has 7 heteroatoms. The molecule has 1 N–H and O–H groups in total. The van der Waals surface area contributed by atoms with Gasteiger partial charge >= 0.3 is 0 Å². The number of nitrogens with one attached hydrogen (secondary N) is 1. The number of para-hydroxylation sites is 1. The maximum Gasteiger partial charge on any atom is 0.274 e. The average Bonchev–Trinajstić information content (AvgIpc) is 2.67. The number of rotatable bonds is 5. The predicted molar refractivity (Wildman–Crippen MR) is 107 cm³/mol. The zero-order valence-corrected chi connectivity index (χ0v) is 16.0. The minimum absolute atomic E-state index is 0.271. The number of anilines is 3. The van der Waals surface area contributed by atoms with Crippen molar-refractivity contribution in [1.29, 1.82) is 0 Å². The fraction of sp³-hybridized carbons (Fsp3) is 0.150. The lowest BCUT2D eigenvalue weighted by Crippen LogP contribution is -2.18. The number of amides is 1. The molecule has 1 amide bonds.